The molecule has 34 heavy (non-hydrogen) atoms. The van der Waals surface area contributed by atoms with Crippen LogP contribution < -0.4 is 11.1 Å². The van der Waals surface area contributed by atoms with Crippen molar-refractivity contribution in [3.8, 4) is 0 Å². The summed E-state index contributed by atoms with van der Waals surface area (Å²) in [5, 5.41) is 2.97. The van der Waals surface area contributed by atoms with Crippen molar-refractivity contribution in [1.29, 1.82) is 0 Å². The van der Waals surface area contributed by atoms with E-state index in [9.17, 15) is 9.59 Å². The predicted octanol–water partition coefficient (Wildman–Crippen LogP) is 2.57. The van der Waals surface area contributed by atoms with Crippen molar-refractivity contribution in [3.05, 3.63) is 36.0 Å². The molecule has 0 saturated carbocycles. The molecule has 8 nitrogen and oxygen atoms in total. The molecule has 3 N–H and O–H groups in total. The topological polar surface area (TPSA) is 112 Å². The number of carbonyl (C=O) groups is 2. The fourth-order valence-electron chi connectivity index (χ4n) is 4.67. The third-order valence-corrected chi connectivity index (χ3v) is 6.62. The Morgan fingerprint density at radius 1 is 1.26 bits per heavy atom. The molecule has 3 heterocycles. The minimum atomic E-state index is -0.437. The zero-order valence-corrected chi connectivity index (χ0v) is 20.8. The Labute approximate surface area is 202 Å². The van der Waals surface area contributed by atoms with E-state index in [2.05, 4.69) is 37.4 Å². The molecule has 8 heteroatoms. The van der Waals surface area contributed by atoms with Gasteiger partial charge in [0.1, 0.15) is 6.10 Å². The zero-order valence-electron chi connectivity index (χ0n) is 20.8. The van der Waals surface area contributed by atoms with Gasteiger partial charge in [0.2, 0.25) is 5.91 Å². The molecule has 3 aliphatic rings. The zero-order chi connectivity index (χ0) is 24.7. The summed E-state index contributed by atoms with van der Waals surface area (Å²) >= 11 is 0. The van der Waals surface area contributed by atoms with Crippen molar-refractivity contribution in [1.82, 2.24) is 5.32 Å². The summed E-state index contributed by atoms with van der Waals surface area (Å²) in [6.07, 6.45) is 12.6. The first kappa shape index (κ1) is 26.6. The lowest BCUT2D eigenvalue weighted by atomic mass is 9.90. The van der Waals surface area contributed by atoms with Crippen molar-refractivity contribution in [3.63, 3.8) is 0 Å². The highest BCUT2D eigenvalue weighted by Crippen LogP contribution is 2.42. The molecule has 0 aromatic carbocycles. The average molecular weight is 477 g/mol. The highest BCUT2D eigenvalue weighted by Gasteiger charge is 2.50. The van der Waals surface area contributed by atoms with E-state index in [1.165, 1.54) is 18.6 Å². The normalized spacial score (nSPS) is 35.0. The lowest BCUT2D eigenvalue weighted by Gasteiger charge is -2.34. The number of nitrogens with one attached hydrogen (secondary N) is 1. The number of rotatable bonds is 9. The van der Waals surface area contributed by atoms with Crippen LogP contribution in [-0.4, -0.2) is 67.7 Å². The van der Waals surface area contributed by atoms with Gasteiger partial charge in [-0.2, -0.15) is 0 Å². The second kappa shape index (κ2) is 12.1. The number of hydrogen-bond acceptors (Lipinski definition) is 7. The fourth-order valence-corrected chi connectivity index (χ4v) is 4.67. The van der Waals surface area contributed by atoms with Crippen LogP contribution in [0.3, 0.4) is 0 Å². The van der Waals surface area contributed by atoms with Gasteiger partial charge in [0.05, 0.1) is 43.2 Å². The van der Waals surface area contributed by atoms with Crippen LogP contribution in [0.2, 0.25) is 0 Å². The van der Waals surface area contributed by atoms with Crippen LogP contribution in [0.25, 0.3) is 0 Å². The van der Waals surface area contributed by atoms with Crippen LogP contribution in [0.4, 0.5) is 0 Å². The maximum Gasteiger partial charge on any atom is 0.303 e. The van der Waals surface area contributed by atoms with Crippen LogP contribution in [0.5, 0.6) is 0 Å². The summed E-state index contributed by atoms with van der Waals surface area (Å²) < 4.78 is 22.8. The van der Waals surface area contributed by atoms with Crippen LogP contribution >= 0.6 is 0 Å². The van der Waals surface area contributed by atoms with Crippen LogP contribution in [0, 0.1) is 5.92 Å². The lowest BCUT2D eigenvalue weighted by Crippen LogP contribution is -2.45. The largest absolute Gasteiger partial charge is 0.459 e. The van der Waals surface area contributed by atoms with E-state index in [-0.39, 0.29) is 41.8 Å². The minimum absolute atomic E-state index is 0.0113. The molecule has 0 aromatic rings. The molecular formula is C26H40N2O6. The van der Waals surface area contributed by atoms with Gasteiger partial charge in [0.15, 0.2) is 0 Å². The molecule has 3 saturated heterocycles. The van der Waals surface area contributed by atoms with E-state index < -0.39 is 6.10 Å². The van der Waals surface area contributed by atoms with E-state index >= 15 is 0 Å². The summed E-state index contributed by atoms with van der Waals surface area (Å²) in [6.45, 7) is 9.11. The van der Waals surface area contributed by atoms with Crippen LogP contribution in [-0.2, 0) is 28.5 Å². The molecule has 1 amide bonds. The Bertz CT molecular complexity index is 803. The number of hydrogen-bond donors (Lipinski definition) is 2. The first-order valence-electron chi connectivity index (χ1n) is 12.3. The first-order chi connectivity index (χ1) is 16.2. The van der Waals surface area contributed by atoms with Crippen molar-refractivity contribution in [2.45, 2.75) is 89.4 Å². The molecule has 0 unspecified atom stereocenters. The molecule has 3 rings (SSSR count). The Balaban J connectivity index is 1.40. The Morgan fingerprint density at radius 3 is 2.68 bits per heavy atom. The van der Waals surface area contributed by atoms with Gasteiger partial charge >= 0.3 is 5.97 Å². The lowest BCUT2D eigenvalue weighted by molar-refractivity contribution is -0.143. The Kier molecular flexibility index (Phi) is 9.47. The molecule has 1 spiro atoms. The van der Waals surface area contributed by atoms with Crippen molar-refractivity contribution in [2.24, 2.45) is 11.7 Å². The number of esters is 1. The standard InChI is InChI=1S/C26H40N2O6/c1-17(5-8-22-12-26(16-32-26)13-23(14-27)34-22)6-9-24-18(2)11-21(15-31-24)28-25(30)10-7-19(3)33-20(4)29/h5-8,10,18-19,21-24H,9,11-16,27H2,1-4H3,(H,28,30)/b8-5+,10-7-,17-6+/t18-,19-,21+,22+,23-,24-,26+/m0/s1. The summed E-state index contributed by atoms with van der Waals surface area (Å²) in [5.74, 6) is -0.268. The van der Waals surface area contributed by atoms with Gasteiger partial charge in [-0.05, 0) is 38.7 Å². The van der Waals surface area contributed by atoms with Gasteiger partial charge in [-0.1, -0.05) is 30.7 Å². The maximum absolute atomic E-state index is 12.2. The third-order valence-electron chi connectivity index (χ3n) is 6.62. The van der Waals surface area contributed by atoms with Crippen molar-refractivity contribution < 1.29 is 28.5 Å². The summed E-state index contributed by atoms with van der Waals surface area (Å²) in [4.78, 5) is 23.1. The van der Waals surface area contributed by atoms with E-state index in [4.69, 9.17) is 24.7 Å². The maximum atomic E-state index is 12.2. The molecule has 0 bridgehead atoms. The van der Waals surface area contributed by atoms with Gasteiger partial charge in [-0.15, -0.1) is 0 Å². The van der Waals surface area contributed by atoms with Crippen molar-refractivity contribution >= 4 is 11.9 Å². The average Bonchev–Trinajstić information content (AvgIpc) is 3.52. The van der Waals surface area contributed by atoms with E-state index in [1.54, 1.807) is 13.0 Å². The summed E-state index contributed by atoms with van der Waals surface area (Å²) in [5.41, 5.74) is 6.98. The third kappa shape index (κ3) is 8.34. The Morgan fingerprint density at radius 2 is 2.03 bits per heavy atom. The molecular weight excluding hydrogens is 436 g/mol. The number of ether oxygens (including phenoxy) is 4. The van der Waals surface area contributed by atoms with E-state index in [1.807, 2.05) is 0 Å². The smallest absolute Gasteiger partial charge is 0.303 e. The molecule has 3 aliphatic heterocycles. The number of allylic oxidation sites excluding steroid dienone is 2. The second-order valence-electron chi connectivity index (χ2n) is 9.92. The van der Waals surface area contributed by atoms with Gasteiger partial charge in [0, 0.05) is 32.4 Å². The van der Waals surface area contributed by atoms with E-state index in [0.717, 1.165) is 32.3 Å². The first-order valence-corrected chi connectivity index (χ1v) is 12.3. The highest BCUT2D eigenvalue weighted by molar-refractivity contribution is 5.87. The quantitative estimate of drug-likeness (QED) is 0.228. The molecule has 190 valence electrons. The number of carbonyl (C=O) groups excluding carboxylic acids is 2. The molecule has 3 fully saturated rings. The summed E-state index contributed by atoms with van der Waals surface area (Å²) in [6, 6.07) is -0.0340. The molecule has 0 aromatic heterocycles. The molecule has 0 aliphatic carbocycles. The monoisotopic (exact) mass is 476 g/mol. The highest BCUT2D eigenvalue weighted by atomic mass is 16.6. The van der Waals surface area contributed by atoms with Gasteiger partial charge in [0.25, 0.3) is 0 Å². The van der Waals surface area contributed by atoms with Gasteiger partial charge in [-0.25, -0.2) is 0 Å². The second-order valence-corrected chi connectivity index (χ2v) is 9.92. The SMILES string of the molecule is CC(=O)O[C@@H](C)/C=C\C(=O)N[C@H]1CO[C@@H](C/C=C(C)/C=C/[C@@H]2C[C@]3(CO3)C[C@@H](CN)O2)[C@@H](C)C1. The number of amides is 1. The van der Waals surface area contributed by atoms with Crippen molar-refractivity contribution in [2.75, 3.05) is 19.8 Å². The predicted molar refractivity (Wildman–Crippen MR) is 129 cm³/mol. The Hall–Kier alpha value is -2.00. The molecule has 7 atom stereocenters. The van der Waals surface area contributed by atoms with Gasteiger partial charge in [-0.3, -0.25) is 9.59 Å². The summed E-state index contributed by atoms with van der Waals surface area (Å²) in [7, 11) is 0. The number of epoxide rings is 1. The van der Waals surface area contributed by atoms with E-state index in [0.29, 0.717) is 19.1 Å². The van der Waals surface area contributed by atoms with Gasteiger partial charge < -0.3 is 30.0 Å². The fraction of sp³-hybridized carbons (Fsp3) is 0.692. The molecule has 0 radical (unpaired) electrons. The van der Waals surface area contributed by atoms with Crippen LogP contribution in [0.15, 0.2) is 36.0 Å². The van der Waals surface area contributed by atoms with Crippen LogP contribution in [0.1, 0.15) is 53.4 Å². The number of nitrogens with two attached hydrogens (primary N) is 1. The minimum Gasteiger partial charge on any atom is -0.459 e.